The van der Waals surface area contributed by atoms with E-state index in [1.54, 1.807) is 78.9 Å². The number of guanidine groups is 1. The van der Waals surface area contributed by atoms with Gasteiger partial charge in [-0.2, -0.15) is 0 Å². The van der Waals surface area contributed by atoms with Crippen LogP contribution in [0.5, 0.6) is 0 Å². The van der Waals surface area contributed by atoms with Crippen LogP contribution in [0.3, 0.4) is 0 Å². The highest BCUT2D eigenvalue weighted by Crippen LogP contribution is 2.10. The summed E-state index contributed by atoms with van der Waals surface area (Å²) in [5.41, 5.74) is 18.8. The number of nitrogens with two attached hydrogens (primary N) is 3. The lowest BCUT2D eigenvalue weighted by Crippen LogP contribution is -2.60. The Labute approximate surface area is 349 Å². The second kappa shape index (κ2) is 24.5. The van der Waals surface area contributed by atoms with Gasteiger partial charge >= 0.3 is 0 Å². The zero-order chi connectivity index (χ0) is 43.3. The van der Waals surface area contributed by atoms with Gasteiger partial charge in [-0.1, -0.05) is 91.0 Å². The molecule has 3 aromatic rings. The topological polar surface area (TPSA) is 288 Å². The van der Waals surface area contributed by atoms with E-state index in [1.807, 2.05) is 17.0 Å². The average molecular weight is 828 g/mol. The van der Waals surface area contributed by atoms with Gasteiger partial charge in [-0.15, -0.1) is 0 Å². The van der Waals surface area contributed by atoms with Crippen molar-refractivity contribution >= 4 is 41.4 Å². The molecule has 0 bridgehead atoms. The molecule has 1 saturated heterocycles. The summed E-state index contributed by atoms with van der Waals surface area (Å²) in [7, 11) is 0. The van der Waals surface area contributed by atoms with Crippen LogP contribution in [0.15, 0.2) is 96.0 Å². The summed E-state index contributed by atoms with van der Waals surface area (Å²) >= 11 is 0. The van der Waals surface area contributed by atoms with Crippen LogP contribution in [-0.4, -0.2) is 127 Å². The van der Waals surface area contributed by atoms with E-state index >= 15 is 0 Å². The summed E-state index contributed by atoms with van der Waals surface area (Å²) < 4.78 is 0. The number of hydrogen-bond acceptors (Lipinski definition) is 10. The molecule has 18 nitrogen and oxygen atoms in total. The fourth-order valence-corrected chi connectivity index (χ4v) is 6.56. The van der Waals surface area contributed by atoms with Crippen molar-refractivity contribution in [3.8, 4) is 0 Å². The molecular weight excluding hydrogens is 771 g/mol. The number of carbonyl (C=O) groups is 6. The van der Waals surface area contributed by atoms with Crippen LogP contribution in [0, 0.1) is 0 Å². The minimum absolute atomic E-state index is 0.0374. The maximum atomic E-state index is 14.1. The molecule has 1 aliphatic heterocycles. The van der Waals surface area contributed by atoms with Crippen molar-refractivity contribution in [3.63, 3.8) is 0 Å². The summed E-state index contributed by atoms with van der Waals surface area (Å²) in [6, 6.07) is 20.5. The molecule has 13 N–H and O–H groups in total. The van der Waals surface area contributed by atoms with Crippen molar-refractivity contribution in [1.29, 1.82) is 0 Å². The maximum absolute atomic E-state index is 14.1. The van der Waals surface area contributed by atoms with Gasteiger partial charge in [0.1, 0.15) is 30.2 Å². The summed E-state index contributed by atoms with van der Waals surface area (Å²) in [4.78, 5) is 87.0. The number of hydrogen-bond donors (Lipinski definition) is 10. The van der Waals surface area contributed by atoms with Crippen LogP contribution in [0.4, 0.5) is 0 Å². The van der Waals surface area contributed by atoms with E-state index in [9.17, 15) is 33.9 Å². The Morgan fingerprint density at radius 3 is 1.50 bits per heavy atom. The molecule has 60 heavy (non-hydrogen) atoms. The molecule has 6 amide bonds. The molecule has 0 aliphatic carbocycles. The molecule has 0 saturated carbocycles. The fourth-order valence-electron chi connectivity index (χ4n) is 6.56. The smallest absolute Gasteiger partial charge is 0.245 e. The lowest BCUT2D eigenvalue weighted by molar-refractivity contribution is -0.135. The van der Waals surface area contributed by atoms with Gasteiger partial charge < -0.3 is 54.2 Å². The van der Waals surface area contributed by atoms with Crippen molar-refractivity contribution in [1.82, 2.24) is 36.8 Å². The van der Waals surface area contributed by atoms with E-state index < -0.39 is 66.4 Å². The first-order chi connectivity index (χ1) is 28.9. The molecule has 0 spiro atoms. The number of rotatable bonds is 23. The van der Waals surface area contributed by atoms with Crippen LogP contribution in [0.25, 0.3) is 0 Å². The molecular formula is C42H57N11O7. The number of piperazine rings is 1. The highest BCUT2D eigenvalue weighted by atomic mass is 16.3. The molecule has 4 rings (SSSR count). The zero-order valence-electron chi connectivity index (χ0n) is 33.6. The second-order valence-corrected chi connectivity index (χ2v) is 14.5. The van der Waals surface area contributed by atoms with Gasteiger partial charge in [-0.25, -0.2) is 0 Å². The molecule has 0 aromatic heterocycles. The molecule has 1 fully saturated rings. The van der Waals surface area contributed by atoms with Crippen molar-refractivity contribution in [3.05, 3.63) is 108 Å². The largest absolute Gasteiger partial charge is 0.394 e. The molecule has 0 radical (unpaired) electrons. The Hall–Kier alpha value is -6.37. The zero-order valence-corrected chi connectivity index (χ0v) is 33.6. The molecule has 5 atom stereocenters. The number of aliphatic hydroxyl groups is 1. The summed E-state index contributed by atoms with van der Waals surface area (Å²) in [6.45, 7) is 2.16. The van der Waals surface area contributed by atoms with Gasteiger partial charge in [-0.05, 0) is 29.5 Å². The number of amides is 6. The number of benzene rings is 3. The third kappa shape index (κ3) is 16.1. The highest BCUT2D eigenvalue weighted by Gasteiger charge is 2.32. The standard InChI is InChI=1S/C42H57N11O7/c43-37(56)32(23-28-11-4-1-5-12-28)50-38(57)31(17-10-18-47-42(44)45)49-40(59)34(25-30-15-8-3-9-16-30)51-41(60)35(27-54)52-39(58)33(24-29-13-6-2-7-14-29)48-36(55)26-53-21-19-46-20-22-53/h1-9,11-16,31-35,46,54H,10,17-27H2,(H2,43,56)(H,48,55)(H,49,59)(H,50,57)(H,51,60)(H,52,58)(H4,44,45,47)/t31-,32-,33-,34-,35-/m0/s1. The van der Waals surface area contributed by atoms with Gasteiger partial charge in [-0.3, -0.25) is 38.7 Å². The van der Waals surface area contributed by atoms with E-state index in [-0.39, 0.29) is 57.1 Å². The Morgan fingerprint density at radius 2 is 1.02 bits per heavy atom. The lowest BCUT2D eigenvalue weighted by atomic mass is 10.0. The lowest BCUT2D eigenvalue weighted by Gasteiger charge is -2.28. The monoisotopic (exact) mass is 827 g/mol. The average Bonchev–Trinajstić information content (AvgIpc) is 3.24. The van der Waals surface area contributed by atoms with Gasteiger partial charge in [0.15, 0.2) is 5.96 Å². The van der Waals surface area contributed by atoms with E-state index in [0.717, 1.165) is 24.2 Å². The minimum Gasteiger partial charge on any atom is -0.394 e. The first-order valence-corrected chi connectivity index (χ1v) is 19.9. The molecule has 0 unspecified atom stereocenters. The Morgan fingerprint density at radius 1 is 0.600 bits per heavy atom. The van der Waals surface area contributed by atoms with Gasteiger partial charge in [0.2, 0.25) is 35.4 Å². The first kappa shape index (κ1) is 46.3. The van der Waals surface area contributed by atoms with Crippen molar-refractivity contribution in [2.45, 2.75) is 62.3 Å². The fraction of sp³-hybridized carbons (Fsp3) is 0.405. The van der Waals surface area contributed by atoms with Crippen molar-refractivity contribution in [2.75, 3.05) is 45.9 Å². The van der Waals surface area contributed by atoms with Crippen LogP contribution >= 0.6 is 0 Å². The Bertz CT molecular complexity index is 1880. The Kier molecular flexibility index (Phi) is 18.9. The third-order valence-corrected chi connectivity index (χ3v) is 9.76. The number of nitrogens with one attached hydrogen (secondary N) is 6. The predicted molar refractivity (Wildman–Crippen MR) is 226 cm³/mol. The SMILES string of the molecule is NC(=O)[C@H](Cc1ccccc1)NC(=O)[C@H](CCCN=C(N)N)NC(=O)[C@H](Cc1ccccc1)NC(=O)[C@H](CO)NC(=O)[C@H](Cc1ccccc1)NC(=O)CN1CCNCC1. The van der Waals surface area contributed by atoms with Gasteiger partial charge in [0.25, 0.3) is 0 Å². The Balaban J connectivity index is 1.51. The van der Waals surface area contributed by atoms with E-state index in [4.69, 9.17) is 17.2 Å². The van der Waals surface area contributed by atoms with Crippen LogP contribution in [0.1, 0.15) is 29.5 Å². The van der Waals surface area contributed by atoms with Crippen molar-refractivity contribution in [2.24, 2.45) is 22.2 Å². The molecule has 1 heterocycles. The third-order valence-electron chi connectivity index (χ3n) is 9.76. The number of nitrogens with zero attached hydrogens (tertiary/aromatic N) is 2. The molecule has 1 aliphatic rings. The number of primary amides is 1. The summed E-state index contributed by atoms with van der Waals surface area (Å²) in [5.74, 6) is -4.40. The van der Waals surface area contributed by atoms with Crippen LogP contribution < -0.4 is 49.1 Å². The van der Waals surface area contributed by atoms with E-state index in [1.165, 1.54) is 0 Å². The van der Waals surface area contributed by atoms with Gasteiger partial charge in [0.05, 0.1) is 13.2 Å². The normalized spacial score (nSPS) is 15.2. The quantitative estimate of drug-likeness (QED) is 0.0273. The second-order valence-electron chi connectivity index (χ2n) is 14.5. The molecule has 18 heteroatoms. The molecule has 3 aromatic carbocycles. The first-order valence-electron chi connectivity index (χ1n) is 19.9. The minimum atomic E-state index is -1.53. The highest BCUT2D eigenvalue weighted by molar-refractivity contribution is 5.96. The maximum Gasteiger partial charge on any atom is 0.245 e. The number of aliphatic hydroxyl groups excluding tert-OH is 1. The molecule has 322 valence electrons. The van der Waals surface area contributed by atoms with Gasteiger partial charge in [0, 0.05) is 52.0 Å². The van der Waals surface area contributed by atoms with E-state index in [2.05, 4.69) is 36.9 Å². The number of carbonyl (C=O) groups excluding carboxylic acids is 6. The number of aliphatic imine (C=N–C) groups is 1. The van der Waals surface area contributed by atoms with Crippen LogP contribution in [0.2, 0.25) is 0 Å². The predicted octanol–water partition coefficient (Wildman–Crippen LogP) is -2.43. The summed E-state index contributed by atoms with van der Waals surface area (Å²) in [5, 5.41) is 26.9. The summed E-state index contributed by atoms with van der Waals surface area (Å²) in [6.07, 6.45) is 0.455. The van der Waals surface area contributed by atoms with Crippen molar-refractivity contribution < 1.29 is 33.9 Å². The van der Waals surface area contributed by atoms with Crippen LogP contribution in [-0.2, 0) is 48.0 Å². The van der Waals surface area contributed by atoms with E-state index in [0.29, 0.717) is 18.7 Å².